The first kappa shape index (κ1) is 12.2. The van der Waals surface area contributed by atoms with Crippen LogP contribution in [0.4, 0.5) is 5.95 Å². The van der Waals surface area contributed by atoms with Gasteiger partial charge in [0.2, 0.25) is 5.95 Å². The van der Waals surface area contributed by atoms with Gasteiger partial charge in [-0.1, -0.05) is 18.2 Å². The van der Waals surface area contributed by atoms with Crippen molar-refractivity contribution in [3.05, 3.63) is 53.1 Å². The van der Waals surface area contributed by atoms with E-state index >= 15 is 0 Å². The third-order valence-corrected chi connectivity index (χ3v) is 3.48. The fourth-order valence-electron chi connectivity index (χ4n) is 2.48. The standard InChI is InChI=1S/C16H14N4/c1-10-6-7-12(9-17)8-14(10)20-15-11(2)4-3-5-13(15)19-16(20)18/h3-8H,1-2H3,(H2,18,19). The normalized spacial score (nSPS) is 10.7. The minimum atomic E-state index is 0.437. The van der Waals surface area contributed by atoms with Gasteiger partial charge in [0.25, 0.3) is 0 Å². The Balaban J connectivity index is 2.41. The number of rotatable bonds is 1. The number of nitrogens with two attached hydrogens (primary N) is 1. The molecule has 0 aliphatic carbocycles. The fourth-order valence-corrected chi connectivity index (χ4v) is 2.48. The molecule has 0 fully saturated rings. The van der Waals surface area contributed by atoms with Crippen molar-refractivity contribution in [1.29, 1.82) is 5.26 Å². The molecule has 0 spiro atoms. The van der Waals surface area contributed by atoms with E-state index in [0.717, 1.165) is 27.8 Å². The number of nitriles is 1. The molecule has 0 atom stereocenters. The lowest BCUT2D eigenvalue weighted by Crippen LogP contribution is -2.03. The lowest BCUT2D eigenvalue weighted by Gasteiger charge is -2.11. The summed E-state index contributed by atoms with van der Waals surface area (Å²) in [5.74, 6) is 0.437. The molecule has 0 unspecified atom stereocenters. The van der Waals surface area contributed by atoms with Crippen LogP contribution in [0, 0.1) is 25.2 Å². The minimum Gasteiger partial charge on any atom is -0.369 e. The third-order valence-electron chi connectivity index (χ3n) is 3.48. The topological polar surface area (TPSA) is 67.6 Å². The van der Waals surface area contributed by atoms with Gasteiger partial charge in [-0.15, -0.1) is 0 Å². The van der Waals surface area contributed by atoms with Crippen LogP contribution in [0.5, 0.6) is 0 Å². The van der Waals surface area contributed by atoms with Crippen LogP contribution < -0.4 is 5.73 Å². The Kier molecular flexibility index (Phi) is 2.69. The van der Waals surface area contributed by atoms with Crippen LogP contribution in [0.25, 0.3) is 16.7 Å². The Morgan fingerprint density at radius 3 is 2.70 bits per heavy atom. The van der Waals surface area contributed by atoms with Crippen LogP contribution in [-0.4, -0.2) is 9.55 Å². The van der Waals surface area contributed by atoms with Crippen LogP contribution in [0.15, 0.2) is 36.4 Å². The maximum absolute atomic E-state index is 9.08. The molecule has 2 N–H and O–H groups in total. The van der Waals surface area contributed by atoms with Crippen LogP contribution >= 0.6 is 0 Å². The second-order valence-electron chi connectivity index (χ2n) is 4.86. The molecule has 0 saturated heterocycles. The highest BCUT2D eigenvalue weighted by molar-refractivity contribution is 5.84. The zero-order chi connectivity index (χ0) is 14.3. The molecule has 4 heteroatoms. The monoisotopic (exact) mass is 262 g/mol. The van der Waals surface area contributed by atoms with E-state index in [2.05, 4.69) is 11.1 Å². The molecule has 1 heterocycles. The number of hydrogen-bond acceptors (Lipinski definition) is 3. The number of nitrogens with zero attached hydrogens (tertiary/aromatic N) is 3. The number of anilines is 1. The highest BCUT2D eigenvalue weighted by atomic mass is 15.2. The maximum Gasteiger partial charge on any atom is 0.205 e. The number of nitrogen functional groups attached to an aromatic ring is 1. The third kappa shape index (κ3) is 1.72. The Hall–Kier alpha value is -2.80. The Labute approximate surface area is 117 Å². The van der Waals surface area contributed by atoms with Crippen molar-refractivity contribution < 1.29 is 0 Å². The van der Waals surface area contributed by atoms with Crippen molar-refractivity contribution in [1.82, 2.24) is 9.55 Å². The van der Waals surface area contributed by atoms with Gasteiger partial charge >= 0.3 is 0 Å². The second kappa shape index (κ2) is 4.39. The lowest BCUT2D eigenvalue weighted by atomic mass is 10.1. The highest BCUT2D eigenvalue weighted by Gasteiger charge is 2.13. The van der Waals surface area contributed by atoms with Gasteiger partial charge in [-0.2, -0.15) is 5.26 Å². The molecule has 20 heavy (non-hydrogen) atoms. The molecule has 3 aromatic rings. The number of hydrogen-bond donors (Lipinski definition) is 1. The summed E-state index contributed by atoms with van der Waals surface area (Å²) in [5, 5.41) is 9.08. The maximum atomic E-state index is 9.08. The lowest BCUT2D eigenvalue weighted by molar-refractivity contribution is 1.08. The molecule has 3 rings (SSSR count). The van der Waals surface area contributed by atoms with Crippen molar-refractivity contribution in [3.63, 3.8) is 0 Å². The number of fused-ring (bicyclic) bond motifs is 1. The average Bonchev–Trinajstić information content (AvgIpc) is 2.77. The SMILES string of the molecule is Cc1ccc(C#N)cc1-n1c(N)nc2cccc(C)c21. The number of imidazole rings is 1. The molecule has 98 valence electrons. The number of benzene rings is 2. The van der Waals surface area contributed by atoms with Crippen molar-refractivity contribution >= 4 is 17.0 Å². The Bertz CT molecular complexity index is 853. The smallest absolute Gasteiger partial charge is 0.205 e. The summed E-state index contributed by atoms with van der Waals surface area (Å²) in [6.45, 7) is 4.03. The first-order chi connectivity index (χ1) is 9.61. The molecular weight excluding hydrogens is 248 g/mol. The zero-order valence-electron chi connectivity index (χ0n) is 11.4. The molecule has 0 saturated carbocycles. The molecule has 0 aliphatic heterocycles. The van der Waals surface area contributed by atoms with Crippen molar-refractivity contribution in [3.8, 4) is 11.8 Å². The van der Waals surface area contributed by atoms with E-state index in [4.69, 9.17) is 11.0 Å². The number of aromatic nitrogens is 2. The first-order valence-corrected chi connectivity index (χ1v) is 6.36. The van der Waals surface area contributed by atoms with E-state index in [-0.39, 0.29) is 0 Å². The highest BCUT2D eigenvalue weighted by Crippen LogP contribution is 2.27. The van der Waals surface area contributed by atoms with Gasteiger partial charge < -0.3 is 5.73 Å². The summed E-state index contributed by atoms with van der Waals surface area (Å²) >= 11 is 0. The van der Waals surface area contributed by atoms with E-state index < -0.39 is 0 Å². The van der Waals surface area contributed by atoms with Gasteiger partial charge in [0.05, 0.1) is 28.4 Å². The van der Waals surface area contributed by atoms with Crippen LogP contribution in [0.3, 0.4) is 0 Å². The van der Waals surface area contributed by atoms with Gasteiger partial charge in [-0.25, -0.2) is 4.98 Å². The van der Waals surface area contributed by atoms with Crippen LogP contribution in [0.2, 0.25) is 0 Å². The molecule has 2 aromatic carbocycles. The zero-order valence-corrected chi connectivity index (χ0v) is 11.4. The molecule has 0 bridgehead atoms. The van der Waals surface area contributed by atoms with Crippen molar-refractivity contribution in [2.45, 2.75) is 13.8 Å². The summed E-state index contributed by atoms with van der Waals surface area (Å²) in [6.07, 6.45) is 0. The van der Waals surface area contributed by atoms with Gasteiger partial charge in [-0.05, 0) is 43.2 Å². The largest absolute Gasteiger partial charge is 0.369 e. The molecule has 0 aliphatic rings. The van der Waals surface area contributed by atoms with E-state index in [1.807, 2.05) is 48.7 Å². The Morgan fingerprint density at radius 1 is 1.15 bits per heavy atom. The van der Waals surface area contributed by atoms with E-state index in [9.17, 15) is 0 Å². The summed E-state index contributed by atoms with van der Waals surface area (Å²) < 4.78 is 1.92. The molecular formula is C16H14N4. The predicted molar refractivity (Wildman–Crippen MR) is 79.7 cm³/mol. The van der Waals surface area contributed by atoms with E-state index in [1.165, 1.54) is 0 Å². The average molecular weight is 262 g/mol. The molecule has 0 amide bonds. The van der Waals surface area contributed by atoms with Crippen molar-refractivity contribution in [2.24, 2.45) is 0 Å². The minimum absolute atomic E-state index is 0.437. The summed E-state index contributed by atoms with van der Waals surface area (Å²) in [7, 11) is 0. The van der Waals surface area contributed by atoms with E-state index in [0.29, 0.717) is 11.5 Å². The van der Waals surface area contributed by atoms with Gasteiger partial charge in [0.1, 0.15) is 0 Å². The van der Waals surface area contributed by atoms with Crippen LogP contribution in [-0.2, 0) is 0 Å². The Morgan fingerprint density at radius 2 is 1.95 bits per heavy atom. The van der Waals surface area contributed by atoms with E-state index in [1.54, 1.807) is 6.07 Å². The number of aryl methyl sites for hydroxylation is 2. The fraction of sp³-hybridized carbons (Fsp3) is 0.125. The van der Waals surface area contributed by atoms with Crippen molar-refractivity contribution in [2.75, 3.05) is 5.73 Å². The molecule has 0 radical (unpaired) electrons. The summed E-state index contributed by atoms with van der Waals surface area (Å²) in [4.78, 5) is 4.40. The van der Waals surface area contributed by atoms with Gasteiger partial charge in [0.15, 0.2) is 0 Å². The predicted octanol–water partition coefficient (Wildman–Crippen LogP) is 3.10. The van der Waals surface area contributed by atoms with Gasteiger partial charge in [0, 0.05) is 0 Å². The molecule has 1 aromatic heterocycles. The molecule has 4 nitrogen and oxygen atoms in total. The number of para-hydroxylation sites is 1. The van der Waals surface area contributed by atoms with Crippen LogP contribution in [0.1, 0.15) is 16.7 Å². The quantitative estimate of drug-likeness (QED) is 0.732. The second-order valence-corrected chi connectivity index (χ2v) is 4.86. The first-order valence-electron chi connectivity index (χ1n) is 6.36. The summed E-state index contributed by atoms with van der Waals surface area (Å²) in [6, 6.07) is 13.7. The summed E-state index contributed by atoms with van der Waals surface area (Å²) in [5.41, 5.74) is 11.6. The van der Waals surface area contributed by atoms with Gasteiger partial charge in [-0.3, -0.25) is 4.57 Å².